The average Bonchev–Trinajstić information content (AvgIpc) is 3.02. The van der Waals surface area contributed by atoms with Crippen LogP contribution < -0.4 is 27.0 Å². The molecule has 2 rings (SSSR count). The Morgan fingerprint density at radius 2 is 1.16 bits per heavy atom. The average molecular weight is 689 g/mol. The molecule has 12 N–H and O–H groups in total. The second-order valence-electron chi connectivity index (χ2n) is 11.9. The molecule has 5 amide bonds. The van der Waals surface area contributed by atoms with Crippen molar-refractivity contribution in [2.45, 2.75) is 77.5 Å². The van der Waals surface area contributed by atoms with Crippen LogP contribution in [0.2, 0.25) is 0 Å². The lowest BCUT2D eigenvalue weighted by atomic mass is 10.0. The number of aliphatic imine (C=N–C) groups is 1. The maximum atomic E-state index is 13.3. The Morgan fingerprint density at radius 3 is 1.63 bits per heavy atom. The summed E-state index contributed by atoms with van der Waals surface area (Å²) in [5, 5.41) is 10.5. The Balaban J connectivity index is 0. The number of nitrogens with two attached hydrogens (primary N) is 1. The van der Waals surface area contributed by atoms with Crippen LogP contribution in [0.4, 0.5) is 0 Å². The number of rotatable bonds is 18. The molecule has 0 aromatic heterocycles. The first kappa shape index (κ1) is 46.3. The topological polar surface area (TPSA) is 283 Å². The van der Waals surface area contributed by atoms with Gasteiger partial charge in [-0.3, -0.25) is 24.0 Å². The van der Waals surface area contributed by atoms with E-state index >= 15 is 0 Å². The van der Waals surface area contributed by atoms with Gasteiger partial charge in [-0.15, -0.1) is 0 Å². The third-order valence-electron chi connectivity index (χ3n) is 6.88. The van der Waals surface area contributed by atoms with E-state index < -0.39 is 53.7 Å². The SMILES string of the molecule is CC(C)C[C@@H](C=O)NC(=O)[C@H](Cc1ccccc1)NC(=O)C=NC(=O)[C@H](Cc1ccccc1)NC(=O)[C@@H](CC(C)C)NC(=O)CN.O.O.O. The van der Waals surface area contributed by atoms with Gasteiger partial charge in [0.25, 0.3) is 11.8 Å². The maximum absolute atomic E-state index is 13.3. The van der Waals surface area contributed by atoms with E-state index in [-0.39, 0.29) is 47.7 Å². The predicted molar refractivity (Wildman–Crippen MR) is 186 cm³/mol. The summed E-state index contributed by atoms with van der Waals surface area (Å²) in [6, 6.07) is 14.1. The third-order valence-corrected chi connectivity index (χ3v) is 6.88. The minimum atomic E-state index is -1.16. The van der Waals surface area contributed by atoms with Crippen LogP contribution in [0.25, 0.3) is 0 Å². The second kappa shape index (κ2) is 24.3. The third kappa shape index (κ3) is 17.8. The summed E-state index contributed by atoms with van der Waals surface area (Å²) in [5.74, 6) is -3.07. The number of hydrogen-bond acceptors (Lipinski definition) is 7. The highest BCUT2D eigenvalue weighted by atomic mass is 16.2. The van der Waals surface area contributed by atoms with E-state index in [1.165, 1.54) is 0 Å². The van der Waals surface area contributed by atoms with Crippen LogP contribution in [0.1, 0.15) is 51.7 Å². The van der Waals surface area contributed by atoms with Gasteiger partial charge < -0.3 is 48.2 Å². The van der Waals surface area contributed by atoms with Crippen LogP contribution >= 0.6 is 0 Å². The summed E-state index contributed by atoms with van der Waals surface area (Å²) < 4.78 is 0. The van der Waals surface area contributed by atoms with Crippen molar-refractivity contribution >= 4 is 42.0 Å². The van der Waals surface area contributed by atoms with Crippen molar-refractivity contribution in [1.82, 2.24) is 21.3 Å². The number of aldehydes is 1. The lowest BCUT2D eigenvalue weighted by Gasteiger charge is -2.23. The van der Waals surface area contributed by atoms with E-state index in [0.717, 1.165) is 17.3 Å². The van der Waals surface area contributed by atoms with E-state index in [9.17, 15) is 28.8 Å². The summed E-state index contributed by atoms with van der Waals surface area (Å²) in [6.07, 6.45) is 2.37. The molecule has 0 saturated heterocycles. The zero-order valence-corrected chi connectivity index (χ0v) is 28.4. The Morgan fingerprint density at radius 1 is 0.673 bits per heavy atom. The molecule has 0 fully saturated rings. The van der Waals surface area contributed by atoms with E-state index in [0.29, 0.717) is 19.1 Å². The number of carbonyl (C=O) groups is 6. The molecule has 0 aliphatic heterocycles. The smallest absolute Gasteiger partial charge is 0.268 e. The molecule has 0 bridgehead atoms. The van der Waals surface area contributed by atoms with Gasteiger partial charge in [-0.2, -0.15) is 0 Å². The van der Waals surface area contributed by atoms with Crippen LogP contribution in [0.3, 0.4) is 0 Å². The fraction of sp³-hybridized carbons (Fsp3) is 0.441. The normalized spacial score (nSPS) is 13.0. The molecule has 0 radical (unpaired) electrons. The van der Waals surface area contributed by atoms with E-state index in [2.05, 4.69) is 26.3 Å². The number of carbonyl (C=O) groups excluding carboxylic acids is 6. The van der Waals surface area contributed by atoms with Gasteiger partial charge >= 0.3 is 0 Å². The van der Waals surface area contributed by atoms with E-state index in [1.54, 1.807) is 48.5 Å². The van der Waals surface area contributed by atoms with Crippen molar-refractivity contribution in [2.75, 3.05) is 6.54 Å². The number of benzene rings is 2. The lowest BCUT2D eigenvalue weighted by Crippen LogP contribution is -2.53. The number of hydrogen-bond donors (Lipinski definition) is 5. The fourth-order valence-electron chi connectivity index (χ4n) is 4.70. The van der Waals surface area contributed by atoms with E-state index in [4.69, 9.17) is 5.73 Å². The quantitative estimate of drug-likeness (QED) is 0.0939. The highest BCUT2D eigenvalue weighted by molar-refractivity contribution is 6.28. The molecule has 0 aliphatic rings. The zero-order valence-electron chi connectivity index (χ0n) is 28.4. The molecule has 0 saturated carbocycles. The Bertz CT molecular complexity index is 1340. The van der Waals surface area contributed by atoms with Crippen molar-refractivity contribution in [2.24, 2.45) is 22.6 Å². The summed E-state index contributed by atoms with van der Waals surface area (Å²) in [6.45, 7) is 7.32. The van der Waals surface area contributed by atoms with Gasteiger partial charge in [0.2, 0.25) is 17.7 Å². The van der Waals surface area contributed by atoms with Gasteiger partial charge in [-0.1, -0.05) is 88.4 Å². The molecule has 0 unspecified atom stereocenters. The van der Waals surface area contributed by atoms with Gasteiger partial charge in [-0.05, 0) is 35.8 Å². The largest absolute Gasteiger partial charge is 0.412 e. The van der Waals surface area contributed by atoms with Crippen molar-refractivity contribution in [3.05, 3.63) is 71.8 Å². The standard InChI is InChI=1S/C34H46N6O6.3H2O/c1-22(2)15-26(21-41)37-33(45)29(18-25-13-9-6-10-14-25)39-31(43)20-36-32(44)28(17-24-11-7-5-8-12-24)40-34(46)27(16-23(3)4)38-30(42)19-35;;;/h5-14,20-23,26-29H,15-19,35H2,1-4H3,(H,37,45)(H,38,42)(H,39,43)(H,40,46);3*1H2/t26-,27+,28-,29-;;;/m0.../s1. The van der Waals surface area contributed by atoms with Crippen LogP contribution in [-0.4, -0.2) is 89.2 Å². The van der Waals surface area contributed by atoms with Gasteiger partial charge in [0.05, 0.1) is 18.8 Å². The highest BCUT2D eigenvalue weighted by Crippen LogP contribution is 2.10. The summed E-state index contributed by atoms with van der Waals surface area (Å²) in [7, 11) is 0. The minimum absolute atomic E-state index is 0. The van der Waals surface area contributed by atoms with Gasteiger partial charge in [0.1, 0.15) is 24.4 Å². The highest BCUT2D eigenvalue weighted by Gasteiger charge is 2.28. The predicted octanol–water partition coefficient (Wildman–Crippen LogP) is -1.22. The van der Waals surface area contributed by atoms with Gasteiger partial charge in [-0.25, -0.2) is 4.99 Å². The molecular formula is C34H52N6O9. The number of nitrogens with one attached hydrogen (secondary N) is 4. The fourth-order valence-corrected chi connectivity index (χ4v) is 4.70. The lowest BCUT2D eigenvalue weighted by molar-refractivity contribution is -0.131. The van der Waals surface area contributed by atoms with Crippen molar-refractivity contribution in [3.8, 4) is 0 Å². The second-order valence-corrected chi connectivity index (χ2v) is 11.9. The van der Waals surface area contributed by atoms with Gasteiger partial charge in [0, 0.05) is 12.8 Å². The molecule has 15 heteroatoms. The van der Waals surface area contributed by atoms with E-state index in [1.807, 2.05) is 39.8 Å². The van der Waals surface area contributed by atoms with Crippen LogP contribution in [0, 0.1) is 11.8 Å². The first-order valence-electron chi connectivity index (χ1n) is 15.4. The Hall–Kier alpha value is -4.83. The molecule has 0 spiro atoms. The summed E-state index contributed by atoms with van der Waals surface area (Å²) in [4.78, 5) is 80.0. The molecule has 0 aliphatic carbocycles. The monoisotopic (exact) mass is 688 g/mol. The molecule has 4 atom stereocenters. The van der Waals surface area contributed by atoms with Gasteiger partial charge in [0.15, 0.2) is 0 Å². The minimum Gasteiger partial charge on any atom is -0.412 e. The molecule has 15 nitrogen and oxygen atoms in total. The van der Waals surface area contributed by atoms with Crippen molar-refractivity contribution < 1.29 is 45.2 Å². The van der Waals surface area contributed by atoms with Crippen LogP contribution in [-0.2, 0) is 41.6 Å². The Kier molecular flexibility index (Phi) is 23.0. The molecule has 2 aromatic rings. The summed E-state index contributed by atoms with van der Waals surface area (Å²) in [5.41, 5.74) is 6.92. The summed E-state index contributed by atoms with van der Waals surface area (Å²) >= 11 is 0. The van der Waals surface area contributed by atoms with Crippen LogP contribution in [0.15, 0.2) is 65.7 Å². The first-order chi connectivity index (χ1) is 21.9. The zero-order chi connectivity index (χ0) is 34.1. The maximum Gasteiger partial charge on any atom is 0.268 e. The molecular weight excluding hydrogens is 636 g/mol. The number of nitrogens with zero attached hydrogens (tertiary/aromatic N) is 1. The Labute approximate surface area is 286 Å². The number of amides is 5. The molecule has 2 aromatic carbocycles. The molecule has 272 valence electrons. The molecule has 0 heterocycles. The molecule has 49 heavy (non-hydrogen) atoms. The van der Waals surface area contributed by atoms with Crippen molar-refractivity contribution in [1.29, 1.82) is 0 Å². The van der Waals surface area contributed by atoms with Crippen LogP contribution in [0.5, 0.6) is 0 Å². The first-order valence-corrected chi connectivity index (χ1v) is 15.4. The van der Waals surface area contributed by atoms with Crippen molar-refractivity contribution in [3.63, 3.8) is 0 Å².